The Bertz CT molecular complexity index is 652. The van der Waals surface area contributed by atoms with E-state index in [4.69, 9.17) is 11.6 Å². The Hall–Kier alpha value is -0.900. The van der Waals surface area contributed by atoms with Gasteiger partial charge in [-0.15, -0.1) is 0 Å². The second kappa shape index (κ2) is 6.31. The molecular weight excluding hydrogens is 345 g/mol. The first-order valence-corrected chi connectivity index (χ1v) is 8.41. The number of aliphatic hydroxyl groups excluding tert-OH is 1. The van der Waals surface area contributed by atoms with Crippen LogP contribution in [-0.2, 0) is 16.2 Å². The molecule has 2 rings (SSSR count). The van der Waals surface area contributed by atoms with Gasteiger partial charge in [0.25, 0.3) is 0 Å². The molecule has 0 radical (unpaired) electrons. The van der Waals surface area contributed by atoms with E-state index in [2.05, 4.69) is 9.71 Å². The van der Waals surface area contributed by atoms with Crippen LogP contribution < -0.4 is 4.72 Å². The third-order valence-corrected chi connectivity index (χ3v) is 5.35. The first kappa shape index (κ1) is 17.5. The highest BCUT2D eigenvalue weighted by molar-refractivity contribution is 7.89. The van der Waals surface area contributed by atoms with Gasteiger partial charge in [-0.2, -0.15) is 13.2 Å². The molecule has 1 heterocycles. The first-order chi connectivity index (χ1) is 10.1. The van der Waals surface area contributed by atoms with Crippen molar-refractivity contribution in [2.45, 2.75) is 48.9 Å². The zero-order valence-electron chi connectivity index (χ0n) is 11.3. The van der Waals surface area contributed by atoms with Crippen molar-refractivity contribution >= 4 is 21.6 Å². The molecule has 0 amide bonds. The molecule has 0 aromatic carbocycles. The van der Waals surface area contributed by atoms with Gasteiger partial charge in [-0.05, 0) is 25.0 Å². The number of nitrogens with zero attached hydrogens (tertiary/aromatic N) is 1. The fourth-order valence-corrected chi connectivity index (χ4v) is 4.07. The quantitative estimate of drug-likeness (QED) is 0.813. The predicted molar refractivity (Wildman–Crippen MR) is 72.8 cm³/mol. The van der Waals surface area contributed by atoms with Crippen LogP contribution in [0.2, 0.25) is 5.15 Å². The zero-order valence-corrected chi connectivity index (χ0v) is 12.8. The molecule has 5 nitrogen and oxygen atoms in total. The number of pyridine rings is 1. The molecule has 1 aromatic heterocycles. The third-order valence-electron chi connectivity index (χ3n) is 3.43. The molecule has 1 aliphatic rings. The third kappa shape index (κ3) is 3.89. The first-order valence-electron chi connectivity index (χ1n) is 6.55. The van der Waals surface area contributed by atoms with Gasteiger partial charge in [-0.1, -0.05) is 24.4 Å². The van der Waals surface area contributed by atoms with Gasteiger partial charge in [-0.25, -0.2) is 18.1 Å². The summed E-state index contributed by atoms with van der Waals surface area (Å²) in [5.41, 5.74) is -1.27. The van der Waals surface area contributed by atoms with Crippen molar-refractivity contribution in [1.29, 1.82) is 0 Å². The molecule has 10 heteroatoms. The average molecular weight is 359 g/mol. The molecule has 0 unspecified atom stereocenters. The van der Waals surface area contributed by atoms with Gasteiger partial charge in [0, 0.05) is 6.04 Å². The van der Waals surface area contributed by atoms with Crippen molar-refractivity contribution in [2.75, 3.05) is 0 Å². The fourth-order valence-electron chi connectivity index (χ4n) is 2.29. The van der Waals surface area contributed by atoms with Crippen LogP contribution in [0.25, 0.3) is 0 Å². The summed E-state index contributed by atoms with van der Waals surface area (Å²) in [6.07, 6.45) is -3.08. The lowest BCUT2D eigenvalue weighted by Crippen LogP contribution is -2.45. The SMILES string of the molecule is O=S(=O)(N[C@@H]1CCCC[C@H]1O)c1ccc(C(F)(F)F)nc1Cl. The van der Waals surface area contributed by atoms with Gasteiger partial charge in [-0.3, -0.25) is 0 Å². The molecular formula is C12H14ClF3N2O3S. The lowest BCUT2D eigenvalue weighted by Gasteiger charge is -2.28. The summed E-state index contributed by atoms with van der Waals surface area (Å²) >= 11 is 5.58. The molecule has 1 saturated carbocycles. The van der Waals surface area contributed by atoms with E-state index in [1.54, 1.807) is 0 Å². The topological polar surface area (TPSA) is 79.3 Å². The number of nitrogens with one attached hydrogen (secondary N) is 1. The number of halogens is 4. The highest BCUT2D eigenvalue weighted by atomic mass is 35.5. The van der Waals surface area contributed by atoms with Crippen molar-refractivity contribution in [2.24, 2.45) is 0 Å². The maximum atomic E-state index is 12.5. The Morgan fingerprint density at radius 1 is 1.27 bits per heavy atom. The summed E-state index contributed by atoms with van der Waals surface area (Å²) in [6.45, 7) is 0. The molecule has 124 valence electrons. The number of alkyl halides is 3. The molecule has 1 aromatic rings. The van der Waals surface area contributed by atoms with Gasteiger partial charge >= 0.3 is 6.18 Å². The largest absolute Gasteiger partial charge is 0.433 e. The summed E-state index contributed by atoms with van der Waals surface area (Å²) in [4.78, 5) is 2.54. The molecule has 0 saturated heterocycles. The summed E-state index contributed by atoms with van der Waals surface area (Å²) in [5, 5.41) is 9.02. The molecule has 22 heavy (non-hydrogen) atoms. The van der Waals surface area contributed by atoms with Gasteiger partial charge in [0.05, 0.1) is 6.10 Å². The van der Waals surface area contributed by atoms with Gasteiger partial charge in [0.1, 0.15) is 15.7 Å². The van der Waals surface area contributed by atoms with Crippen molar-refractivity contribution in [3.8, 4) is 0 Å². The minimum atomic E-state index is -4.71. The van der Waals surface area contributed by atoms with Crippen molar-refractivity contribution in [1.82, 2.24) is 9.71 Å². The molecule has 2 atom stereocenters. The normalized spacial score (nSPS) is 23.5. The van der Waals surface area contributed by atoms with E-state index >= 15 is 0 Å². The standard InChI is InChI=1S/C12H14ClF3N2O3S/c13-11-9(5-6-10(17-11)12(14,15)16)22(20,21)18-7-3-1-2-4-8(7)19/h5-8,18-19H,1-4H2/t7-,8-/m1/s1. The minimum absolute atomic E-state index is 0.450. The van der Waals surface area contributed by atoms with Crippen LogP contribution in [0.4, 0.5) is 13.2 Å². The lowest BCUT2D eigenvalue weighted by atomic mass is 9.93. The van der Waals surface area contributed by atoms with Gasteiger partial charge < -0.3 is 5.11 Å². The highest BCUT2D eigenvalue weighted by Gasteiger charge is 2.35. The number of hydrogen-bond acceptors (Lipinski definition) is 4. The Kier molecular flexibility index (Phi) is 5.00. The Labute approximate surface area is 130 Å². The predicted octanol–water partition coefficient (Wildman–Crippen LogP) is 2.34. The number of sulfonamides is 1. The molecule has 2 N–H and O–H groups in total. The summed E-state index contributed by atoms with van der Waals surface area (Å²) < 4.78 is 64.2. The molecule has 0 bridgehead atoms. The van der Waals surface area contributed by atoms with E-state index in [0.29, 0.717) is 18.9 Å². The van der Waals surface area contributed by atoms with E-state index in [9.17, 15) is 26.7 Å². The van der Waals surface area contributed by atoms with Crippen LogP contribution in [0.3, 0.4) is 0 Å². The van der Waals surface area contributed by atoms with Crippen LogP contribution >= 0.6 is 11.6 Å². The molecule has 0 spiro atoms. The number of hydrogen-bond donors (Lipinski definition) is 2. The van der Waals surface area contributed by atoms with E-state index in [1.165, 1.54) is 0 Å². The summed E-state index contributed by atoms with van der Waals surface area (Å²) in [7, 11) is -4.16. The monoisotopic (exact) mass is 358 g/mol. The van der Waals surface area contributed by atoms with Crippen LogP contribution in [-0.4, -0.2) is 30.7 Å². The highest BCUT2D eigenvalue weighted by Crippen LogP contribution is 2.31. The smallest absolute Gasteiger partial charge is 0.391 e. The van der Waals surface area contributed by atoms with E-state index in [-0.39, 0.29) is 0 Å². The van der Waals surface area contributed by atoms with Crippen molar-refractivity contribution in [3.63, 3.8) is 0 Å². The second-order valence-corrected chi connectivity index (χ2v) is 7.10. The van der Waals surface area contributed by atoms with E-state index in [1.807, 2.05) is 0 Å². The van der Waals surface area contributed by atoms with Crippen molar-refractivity contribution in [3.05, 3.63) is 23.0 Å². The van der Waals surface area contributed by atoms with Crippen LogP contribution in [0.1, 0.15) is 31.4 Å². The number of aliphatic hydroxyl groups is 1. The Balaban J connectivity index is 2.26. The average Bonchev–Trinajstić information content (AvgIpc) is 2.40. The van der Waals surface area contributed by atoms with Crippen LogP contribution in [0.5, 0.6) is 0 Å². The number of rotatable bonds is 3. The Morgan fingerprint density at radius 3 is 2.45 bits per heavy atom. The molecule has 1 aliphatic carbocycles. The maximum absolute atomic E-state index is 12.5. The van der Waals surface area contributed by atoms with Crippen LogP contribution in [0.15, 0.2) is 17.0 Å². The zero-order chi connectivity index (χ0) is 16.5. The molecule has 0 aliphatic heterocycles. The van der Waals surface area contributed by atoms with Crippen LogP contribution in [0, 0.1) is 0 Å². The number of aromatic nitrogens is 1. The Morgan fingerprint density at radius 2 is 1.91 bits per heavy atom. The minimum Gasteiger partial charge on any atom is -0.391 e. The van der Waals surface area contributed by atoms with Crippen molar-refractivity contribution < 1.29 is 26.7 Å². The van der Waals surface area contributed by atoms with E-state index < -0.39 is 44.1 Å². The van der Waals surface area contributed by atoms with Gasteiger partial charge in [0.15, 0.2) is 0 Å². The fraction of sp³-hybridized carbons (Fsp3) is 0.583. The lowest BCUT2D eigenvalue weighted by molar-refractivity contribution is -0.141. The maximum Gasteiger partial charge on any atom is 0.433 e. The second-order valence-electron chi connectivity index (χ2n) is 5.06. The summed E-state index contributed by atoms with van der Waals surface area (Å²) in [6, 6.07) is 0.630. The van der Waals surface area contributed by atoms with Gasteiger partial charge in [0.2, 0.25) is 10.0 Å². The van der Waals surface area contributed by atoms with E-state index in [0.717, 1.165) is 18.9 Å². The molecule has 1 fully saturated rings. The summed E-state index contributed by atoms with van der Waals surface area (Å²) in [5.74, 6) is 0.